The van der Waals surface area contributed by atoms with Gasteiger partial charge in [-0.3, -0.25) is 4.90 Å². The van der Waals surface area contributed by atoms with E-state index in [1.807, 2.05) is 0 Å². The lowest BCUT2D eigenvalue weighted by Gasteiger charge is -2.40. The van der Waals surface area contributed by atoms with Crippen molar-refractivity contribution in [3.8, 4) is 5.75 Å². The zero-order valence-corrected chi connectivity index (χ0v) is 13.6. The van der Waals surface area contributed by atoms with E-state index >= 15 is 0 Å². The standard InChI is InChI=1S/C18H28N2O/c1-18(2)9-6-11-20(12-10-18)15-13-21-16-8-5-4-7-14(16)17(15)19-3/h4-5,7-8,15,17,19H,6,9-13H2,1-3H3. The fourth-order valence-corrected chi connectivity index (χ4v) is 3.79. The van der Waals surface area contributed by atoms with Gasteiger partial charge in [-0.15, -0.1) is 0 Å². The Labute approximate surface area is 128 Å². The van der Waals surface area contributed by atoms with Crippen LogP contribution >= 0.6 is 0 Å². The molecule has 0 spiro atoms. The van der Waals surface area contributed by atoms with Crippen LogP contribution in [0.3, 0.4) is 0 Å². The minimum atomic E-state index is 0.371. The summed E-state index contributed by atoms with van der Waals surface area (Å²) in [6, 6.07) is 9.27. The largest absolute Gasteiger partial charge is 0.492 e. The van der Waals surface area contributed by atoms with Gasteiger partial charge in [0, 0.05) is 5.56 Å². The van der Waals surface area contributed by atoms with Crippen LogP contribution in [0.1, 0.15) is 44.7 Å². The van der Waals surface area contributed by atoms with Crippen molar-refractivity contribution >= 4 is 0 Å². The fraction of sp³-hybridized carbons (Fsp3) is 0.667. The Bertz CT molecular complexity index is 486. The Balaban J connectivity index is 1.79. The van der Waals surface area contributed by atoms with Gasteiger partial charge in [0.1, 0.15) is 12.4 Å². The van der Waals surface area contributed by atoms with Gasteiger partial charge in [-0.1, -0.05) is 32.0 Å². The Kier molecular flexibility index (Phi) is 4.23. The smallest absolute Gasteiger partial charge is 0.124 e. The van der Waals surface area contributed by atoms with Crippen molar-refractivity contribution in [1.82, 2.24) is 10.2 Å². The molecule has 1 saturated heterocycles. The first-order valence-corrected chi connectivity index (χ1v) is 8.24. The van der Waals surface area contributed by atoms with Gasteiger partial charge in [-0.25, -0.2) is 0 Å². The van der Waals surface area contributed by atoms with E-state index in [-0.39, 0.29) is 0 Å². The maximum Gasteiger partial charge on any atom is 0.124 e. The summed E-state index contributed by atoms with van der Waals surface area (Å²) in [5, 5.41) is 3.53. The average molecular weight is 288 g/mol. The summed E-state index contributed by atoms with van der Waals surface area (Å²) in [7, 11) is 2.07. The number of para-hydroxylation sites is 1. The quantitative estimate of drug-likeness (QED) is 0.904. The average Bonchev–Trinajstić information content (AvgIpc) is 2.67. The number of rotatable bonds is 2. The van der Waals surface area contributed by atoms with E-state index in [2.05, 4.69) is 55.4 Å². The first-order valence-electron chi connectivity index (χ1n) is 8.24. The highest BCUT2D eigenvalue weighted by atomic mass is 16.5. The van der Waals surface area contributed by atoms with Crippen LogP contribution in [0.5, 0.6) is 5.75 Å². The molecular formula is C18H28N2O. The van der Waals surface area contributed by atoms with Crippen LogP contribution in [-0.4, -0.2) is 37.7 Å². The zero-order chi connectivity index (χ0) is 14.9. The zero-order valence-electron chi connectivity index (χ0n) is 13.6. The van der Waals surface area contributed by atoms with Crippen molar-refractivity contribution in [1.29, 1.82) is 0 Å². The van der Waals surface area contributed by atoms with Gasteiger partial charge in [0.05, 0.1) is 12.1 Å². The number of likely N-dealkylation sites (tertiary alicyclic amines) is 1. The van der Waals surface area contributed by atoms with Gasteiger partial charge in [0.15, 0.2) is 0 Å². The molecule has 0 aliphatic carbocycles. The SMILES string of the molecule is CNC1c2ccccc2OCC1N1CCCC(C)(C)CC1. The van der Waals surface area contributed by atoms with E-state index < -0.39 is 0 Å². The van der Waals surface area contributed by atoms with Crippen LogP contribution < -0.4 is 10.1 Å². The second-order valence-corrected chi connectivity index (χ2v) is 7.24. The minimum Gasteiger partial charge on any atom is -0.492 e. The summed E-state index contributed by atoms with van der Waals surface area (Å²) in [4.78, 5) is 2.64. The molecule has 0 amide bonds. The summed E-state index contributed by atoms with van der Waals surface area (Å²) < 4.78 is 6.03. The highest BCUT2D eigenvalue weighted by Crippen LogP contribution is 2.36. The number of benzene rings is 1. The van der Waals surface area contributed by atoms with Crippen molar-refractivity contribution in [3.63, 3.8) is 0 Å². The molecule has 2 atom stereocenters. The Hall–Kier alpha value is -1.06. The van der Waals surface area contributed by atoms with Crippen molar-refractivity contribution < 1.29 is 4.74 Å². The van der Waals surface area contributed by atoms with Crippen molar-refractivity contribution in [2.75, 3.05) is 26.7 Å². The molecule has 1 fully saturated rings. The van der Waals surface area contributed by atoms with Crippen LogP contribution in [0.25, 0.3) is 0 Å². The molecule has 0 radical (unpaired) electrons. The molecule has 3 rings (SSSR count). The minimum absolute atomic E-state index is 0.371. The van der Waals surface area contributed by atoms with Crippen LogP contribution in [-0.2, 0) is 0 Å². The predicted molar refractivity (Wildman–Crippen MR) is 86.7 cm³/mol. The third-order valence-electron chi connectivity index (χ3n) is 5.20. The second kappa shape index (κ2) is 5.98. The summed E-state index contributed by atoms with van der Waals surface area (Å²) in [6.07, 6.45) is 3.90. The maximum atomic E-state index is 6.03. The van der Waals surface area contributed by atoms with E-state index in [0.29, 0.717) is 17.5 Å². The molecule has 2 aliphatic rings. The summed E-state index contributed by atoms with van der Waals surface area (Å²) in [6.45, 7) is 7.97. The molecule has 0 aromatic heterocycles. The number of ether oxygens (including phenoxy) is 1. The molecule has 3 nitrogen and oxygen atoms in total. The van der Waals surface area contributed by atoms with E-state index in [1.54, 1.807) is 0 Å². The van der Waals surface area contributed by atoms with Crippen LogP contribution in [0, 0.1) is 5.41 Å². The fourth-order valence-electron chi connectivity index (χ4n) is 3.79. The van der Waals surface area contributed by atoms with Gasteiger partial charge >= 0.3 is 0 Å². The molecule has 2 unspecified atom stereocenters. The molecule has 21 heavy (non-hydrogen) atoms. The molecule has 1 N–H and O–H groups in total. The van der Waals surface area contributed by atoms with Gasteiger partial charge in [0.25, 0.3) is 0 Å². The summed E-state index contributed by atoms with van der Waals surface area (Å²) >= 11 is 0. The number of fused-ring (bicyclic) bond motifs is 1. The molecule has 2 heterocycles. The van der Waals surface area contributed by atoms with Crippen molar-refractivity contribution in [2.24, 2.45) is 5.41 Å². The Morgan fingerprint density at radius 1 is 1.19 bits per heavy atom. The van der Waals surface area contributed by atoms with Crippen LogP contribution in [0.2, 0.25) is 0 Å². The lowest BCUT2D eigenvalue weighted by atomic mass is 9.85. The highest BCUT2D eigenvalue weighted by Gasteiger charge is 2.35. The van der Waals surface area contributed by atoms with E-state index in [9.17, 15) is 0 Å². The molecule has 1 aromatic rings. The molecule has 3 heteroatoms. The third kappa shape index (κ3) is 3.09. The lowest BCUT2D eigenvalue weighted by Crippen LogP contribution is -2.50. The van der Waals surface area contributed by atoms with Crippen molar-refractivity contribution in [2.45, 2.75) is 45.2 Å². The number of likely N-dealkylation sites (N-methyl/N-ethyl adjacent to an activating group) is 1. The second-order valence-electron chi connectivity index (χ2n) is 7.24. The molecule has 116 valence electrons. The maximum absolute atomic E-state index is 6.03. The first-order chi connectivity index (χ1) is 10.1. The highest BCUT2D eigenvalue weighted by molar-refractivity contribution is 5.38. The number of nitrogens with zero attached hydrogens (tertiary/aromatic N) is 1. The van der Waals surface area contributed by atoms with Crippen LogP contribution in [0.4, 0.5) is 0 Å². The van der Waals surface area contributed by atoms with Gasteiger partial charge in [-0.2, -0.15) is 0 Å². The Morgan fingerprint density at radius 2 is 2.00 bits per heavy atom. The van der Waals surface area contributed by atoms with E-state index in [4.69, 9.17) is 4.74 Å². The lowest BCUT2D eigenvalue weighted by molar-refractivity contribution is 0.0884. The number of hydrogen-bond acceptors (Lipinski definition) is 3. The number of nitrogens with one attached hydrogen (secondary N) is 1. The summed E-state index contributed by atoms with van der Waals surface area (Å²) in [5.74, 6) is 1.04. The first kappa shape index (κ1) is 14.9. The predicted octanol–water partition coefficient (Wildman–Crippen LogP) is 3.22. The van der Waals surface area contributed by atoms with Gasteiger partial charge in [-0.05, 0) is 50.9 Å². The third-order valence-corrected chi connectivity index (χ3v) is 5.20. The van der Waals surface area contributed by atoms with Gasteiger partial charge in [0.2, 0.25) is 0 Å². The summed E-state index contributed by atoms with van der Waals surface area (Å²) in [5.41, 5.74) is 1.79. The van der Waals surface area contributed by atoms with Crippen LogP contribution in [0.15, 0.2) is 24.3 Å². The molecule has 0 saturated carbocycles. The van der Waals surface area contributed by atoms with E-state index in [0.717, 1.165) is 12.4 Å². The topological polar surface area (TPSA) is 24.5 Å². The molecule has 0 bridgehead atoms. The monoisotopic (exact) mass is 288 g/mol. The molecule has 2 aliphatic heterocycles. The molecule has 1 aromatic carbocycles. The van der Waals surface area contributed by atoms with E-state index in [1.165, 1.54) is 37.9 Å². The van der Waals surface area contributed by atoms with Gasteiger partial charge < -0.3 is 10.1 Å². The normalized spacial score (nSPS) is 29.3. The van der Waals surface area contributed by atoms with Crippen molar-refractivity contribution in [3.05, 3.63) is 29.8 Å². The molecular weight excluding hydrogens is 260 g/mol. The number of hydrogen-bond donors (Lipinski definition) is 1. The Morgan fingerprint density at radius 3 is 2.81 bits per heavy atom.